The van der Waals surface area contributed by atoms with Crippen LogP contribution in [0.4, 0.5) is 0 Å². The Kier molecular flexibility index (Phi) is 3.64. The third-order valence-electron chi connectivity index (χ3n) is 3.47. The van der Waals surface area contributed by atoms with Crippen molar-refractivity contribution in [1.82, 2.24) is 14.3 Å². The van der Waals surface area contributed by atoms with E-state index in [4.69, 9.17) is 5.11 Å². The minimum Gasteiger partial charge on any atom is -0.481 e. The van der Waals surface area contributed by atoms with Crippen molar-refractivity contribution >= 4 is 16.0 Å². The molecule has 1 aromatic rings. The third kappa shape index (κ3) is 2.95. The highest BCUT2D eigenvalue weighted by Crippen LogP contribution is 2.26. The maximum absolute atomic E-state index is 12.1. The number of carboxylic acid groups (broad SMARTS) is 1. The quantitative estimate of drug-likeness (QED) is 0.827. The monoisotopic (exact) mass is 287 g/mol. The first-order valence-electron chi connectivity index (χ1n) is 6.04. The number of aromatic nitrogens is 2. The predicted octanol–water partition coefficient (Wildman–Crippen LogP) is 0.260. The largest absolute Gasteiger partial charge is 0.481 e. The molecule has 1 heterocycles. The van der Waals surface area contributed by atoms with E-state index in [9.17, 15) is 13.2 Å². The van der Waals surface area contributed by atoms with Crippen LogP contribution in [-0.4, -0.2) is 35.1 Å². The molecule has 0 saturated heterocycles. The molecule has 2 N–H and O–H groups in total. The van der Waals surface area contributed by atoms with Gasteiger partial charge < -0.3 is 9.67 Å². The Morgan fingerprint density at radius 1 is 1.53 bits per heavy atom. The van der Waals surface area contributed by atoms with Crippen molar-refractivity contribution in [3.05, 3.63) is 12.0 Å². The van der Waals surface area contributed by atoms with Gasteiger partial charge in [-0.25, -0.2) is 18.1 Å². The van der Waals surface area contributed by atoms with Gasteiger partial charge in [0.05, 0.1) is 5.92 Å². The Bertz CT molecular complexity index is 574. The standard InChI is InChI=1S/C11H17N3O4S/c1-7-12-10(6-14(7)2)19(17,18)13-9-4-3-8(5-9)11(15)16/h6,8-9,13H,3-5H2,1-2H3,(H,15,16). The molecule has 0 spiro atoms. The molecule has 0 aliphatic heterocycles. The molecule has 7 nitrogen and oxygen atoms in total. The number of rotatable bonds is 4. The fourth-order valence-corrected chi connectivity index (χ4v) is 3.57. The second-order valence-electron chi connectivity index (χ2n) is 4.90. The van der Waals surface area contributed by atoms with Gasteiger partial charge in [0.25, 0.3) is 10.0 Å². The van der Waals surface area contributed by atoms with Crippen LogP contribution in [0.2, 0.25) is 0 Å². The summed E-state index contributed by atoms with van der Waals surface area (Å²) in [5.41, 5.74) is 0. The summed E-state index contributed by atoms with van der Waals surface area (Å²) in [6.45, 7) is 1.72. The van der Waals surface area contributed by atoms with E-state index in [0.29, 0.717) is 25.1 Å². The van der Waals surface area contributed by atoms with Gasteiger partial charge in [-0.15, -0.1) is 0 Å². The van der Waals surface area contributed by atoms with Crippen molar-refractivity contribution in [2.24, 2.45) is 13.0 Å². The summed E-state index contributed by atoms with van der Waals surface area (Å²) >= 11 is 0. The van der Waals surface area contributed by atoms with Crippen LogP contribution in [0.5, 0.6) is 0 Å². The molecule has 2 unspecified atom stereocenters. The number of carboxylic acids is 1. The Balaban J connectivity index is 2.08. The molecule has 2 atom stereocenters. The molecule has 0 bridgehead atoms. The minimum absolute atomic E-state index is 0.0220. The zero-order valence-electron chi connectivity index (χ0n) is 10.8. The maximum atomic E-state index is 12.1. The van der Waals surface area contributed by atoms with Gasteiger partial charge in [0.15, 0.2) is 5.03 Å². The number of carbonyl (C=O) groups is 1. The van der Waals surface area contributed by atoms with Crippen LogP contribution in [0, 0.1) is 12.8 Å². The Morgan fingerprint density at radius 2 is 2.21 bits per heavy atom. The second kappa shape index (κ2) is 4.93. The van der Waals surface area contributed by atoms with Gasteiger partial charge in [-0.05, 0) is 26.2 Å². The van der Waals surface area contributed by atoms with E-state index >= 15 is 0 Å². The molecular weight excluding hydrogens is 270 g/mol. The number of aryl methyl sites for hydroxylation is 2. The van der Waals surface area contributed by atoms with E-state index in [-0.39, 0.29) is 11.1 Å². The Morgan fingerprint density at radius 3 is 2.68 bits per heavy atom. The lowest BCUT2D eigenvalue weighted by atomic mass is 10.1. The molecule has 0 aromatic carbocycles. The van der Waals surface area contributed by atoms with Crippen molar-refractivity contribution in [1.29, 1.82) is 0 Å². The first-order valence-corrected chi connectivity index (χ1v) is 7.53. The van der Waals surface area contributed by atoms with E-state index in [0.717, 1.165) is 0 Å². The molecule has 1 aliphatic rings. The van der Waals surface area contributed by atoms with Crippen molar-refractivity contribution < 1.29 is 18.3 Å². The Hall–Kier alpha value is -1.41. The fourth-order valence-electron chi connectivity index (χ4n) is 2.25. The lowest BCUT2D eigenvalue weighted by Gasteiger charge is -2.11. The first-order chi connectivity index (χ1) is 8.79. The molecule has 19 heavy (non-hydrogen) atoms. The molecule has 8 heteroatoms. The van der Waals surface area contributed by atoms with Gasteiger partial charge in [-0.1, -0.05) is 0 Å². The van der Waals surface area contributed by atoms with Gasteiger partial charge in [-0.2, -0.15) is 0 Å². The number of imidazole rings is 1. The van der Waals surface area contributed by atoms with Crippen LogP contribution < -0.4 is 4.72 Å². The molecule has 2 rings (SSSR count). The van der Waals surface area contributed by atoms with Gasteiger partial charge in [-0.3, -0.25) is 4.79 Å². The summed E-state index contributed by atoms with van der Waals surface area (Å²) in [6, 6.07) is -0.326. The average molecular weight is 287 g/mol. The topological polar surface area (TPSA) is 101 Å². The van der Waals surface area contributed by atoms with Gasteiger partial charge in [0.2, 0.25) is 0 Å². The Labute approximate surface area is 111 Å². The first kappa shape index (κ1) is 14.0. The SMILES string of the molecule is Cc1nc(S(=O)(=O)NC2CCC(C(=O)O)C2)cn1C. The van der Waals surface area contributed by atoms with Crippen LogP contribution in [0.1, 0.15) is 25.1 Å². The highest BCUT2D eigenvalue weighted by Gasteiger charge is 2.33. The normalized spacial score (nSPS) is 23.7. The van der Waals surface area contributed by atoms with E-state index < -0.39 is 21.9 Å². The molecule has 1 aromatic heterocycles. The molecular formula is C11H17N3O4S. The lowest BCUT2D eigenvalue weighted by Crippen LogP contribution is -2.33. The van der Waals surface area contributed by atoms with E-state index in [1.807, 2.05) is 0 Å². The molecule has 1 aliphatic carbocycles. The predicted molar refractivity (Wildman–Crippen MR) is 67.0 cm³/mol. The van der Waals surface area contributed by atoms with E-state index in [1.165, 1.54) is 6.20 Å². The highest BCUT2D eigenvalue weighted by molar-refractivity contribution is 7.89. The number of nitrogens with zero attached hydrogens (tertiary/aromatic N) is 2. The fraction of sp³-hybridized carbons (Fsp3) is 0.636. The van der Waals surface area contributed by atoms with E-state index in [1.54, 1.807) is 18.5 Å². The lowest BCUT2D eigenvalue weighted by molar-refractivity contribution is -0.141. The summed E-state index contributed by atoms with van der Waals surface area (Å²) in [6.07, 6.45) is 2.83. The average Bonchev–Trinajstić information content (AvgIpc) is 2.87. The number of hydrogen-bond donors (Lipinski definition) is 2. The number of hydrogen-bond acceptors (Lipinski definition) is 4. The van der Waals surface area contributed by atoms with Crippen LogP contribution in [0.15, 0.2) is 11.2 Å². The number of aliphatic carboxylic acids is 1. The number of sulfonamides is 1. The molecule has 106 valence electrons. The molecule has 1 saturated carbocycles. The smallest absolute Gasteiger partial charge is 0.306 e. The van der Waals surface area contributed by atoms with Crippen molar-refractivity contribution in [2.45, 2.75) is 37.3 Å². The molecule has 0 amide bonds. The molecule has 1 fully saturated rings. The zero-order chi connectivity index (χ0) is 14.2. The summed E-state index contributed by atoms with van der Waals surface area (Å²) in [4.78, 5) is 14.8. The highest BCUT2D eigenvalue weighted by atomic mass is 32.2. The maximum Gasteiger partial charge on any atom is 0.306 e. The zero-order valence-corrected chi connectivity index (χ0v) is 11.6. The van der Waals surface area contributed by atoms with Crippen molar-refractivity contribution in [2.75, 3.05) is 0 Å². The van der Waals surface area contributed by atoms with Gasteiger partial charge in [0.1, 0.15) is 5.82 Å². The van der Waals surface area contributed by atoms with Crippen LogP contribution >= 0.6 is 0 Å². The van der Waals surface area contributed by atoms with Gasteiger partial charge >= 0.3 is 5.97 Å². The second-order valence-corrected chi connectivity index (χ2v) is 6.56. The summed E-state index contributed by atoms with van der Waals surface area (Å²) in [5, 5.41) is 8.87. The van der Waals surface area contributed by atoms with Crippen LogP contribution in [0.25, 0.3) is 0 Å². The van der Waals surface area contributed by atoms with Crippen molar-refractivity contribution in [3.8, 4) is 0 Å². The van der Waals surface area contributed by atoms with Gasteiger partial charge in [0, 0.05) is 19.3 Å². The number of nitrogens with one attached hydrogen (secondary N) is 1. The summed E-state index contributed by atoms with van der Waals surface area (Å²) in [5.74, 6) is -0.719. The van der Waals surface area contributed by atoms with E-state index in [2.05, 4.69) is 9.71 Å². The molecule has 0 radical (unpaired) electrons. The van der Waals surface area contributed by atoms with Crippen LogP contribution in [0.3, 0.4) is 0 Å². The summed E-state index contributed by atoms with van der Waals surface area (Å²) < 4.78 is 28.3. The third-order valence-corrected chi connectivity index (χ3v) is 4.86. The minimum atomic E-state index is -3.67. The summed E-state index contributed by atoms with van der Waals surface area (Å²) in [7, 11) is -1.95. The van der Waals surface area contributed by atoms with Crippen molar-refractivity contribution in [3.63, 3.8) is 0 Å². The van der Waals surface area contributed by atoms with Crippen LogP contribution in [-0.2, 0) is 21.9 Å².